The molecule has 1 N–H and O–H groups in total. The van der Waals surface area contributed by atoms with Gasteiger partial charge in [0.25, 0.3) is 5.91 Å². The maximum absolute atomic E-state index is 12.2. The van der Waals surface area contributed by atoms with Gasteiger partial charge in [0.05, 0.1) is 19.3 Å². The van der Waals surface area contributed by atoms with Crippen molar-refractivity contribution in [3.05, 3.63) is 35.7 Å². The molecule has 1 aromatic heterocycles. The first-order chi connectivity index (χ1) is 13.1. The fourth-order valence-electron chi connectivity index (χ4n) is 2.81. The predicted octanol–water partition coefficient (Wildman–Crippen LogP) is 0.895. The number of nitrogens with one attached hydrogen (secondary N) is 1. The average molecular weight is 374 g/mol. The summed E-state index contributed by atoms with van der Waals surface area (Å²) >= 11 is 0. The van der Waals surface area contributed by atoms with Crippen molar-refractivity contribution >= 4 is 5.91 Å². The number of nitrogens with zero attached hydrogens (tertiary/aromatic N) is 5. The molecule has 2 aromatic rings. The van der Waals surface area contributed by atoms with Crippen LogP contribution in [0.15, 0.2) is 24.3 Å². The second kappa shape index (κ2) is 9.43. The highest BCUT2D eigenvalue weighted by Crippen LogP contribution is 2.14. The molecule has 1 aliphatic rings. The Morgan fingerprint density at radius 1 is 1.26 bits per heavy atom. The van der Waals surface area contributed by atoms with E-state index < -0.39 is 0 Å². The number of morpholine rings is 1. The lowest BCUT2D eigenvalue weighted by Crippen LogP contribution is -2.41. The number of benzene rings is 1. The van der Waals surface area contributed by atoms with Gasteiger partial charge in [-0.25, -0.2) is 4.68 Å². The summed E-state index contributed by atoms with van der Waals surface area (Å²) in [4.78, 5) is 14.5. The summed E-state index contributed by atoms with van der Waals surface area (Å²) in [6, 6.07) is 7.23. The van der Waals surface area contributed by atoms with Crippen LogP contribution >= 0.6 is 0 Å². The Morgan fingerprint density at radius 2 is 2.00 bits per heavy atom. The zero-order valence-electron chi connectivity index (χ0n) is 15.8. The van der Waals surface area contributed by atoms with Gasteiger partial charge < -0.3 is 14.8 Å². The number of ether oxygens (including phenoxy) is 2. The average Bonchev–Trinajstić information content (AvgIpc) is 3.16. The first kappa shape index (κ1) is 19.2. The fraction of sp³-hybridized carbons (Fsp3) is 0.556. The SMILES string of the molecule is CC(C)n1nnnc1COc1ccc(C(=O)NCCN2CCOCC2)cc1. The Hall–Kier alpha value is -2.52. The van der Waals surface area contributed by atoms with E-state index in [1.165, 1.54) is 0 Å². The zero-order chi connectivity index (χ0) is 19.1. The quantitative estimate of drug-likeness (QED) is 0.733. The number of tetrazole rings is 1. The molecule has 0 spiro atoms. The highest BCUT2D eigenvalue weighted by atomic mass is 16.5. The lowest BCUT2D eigenvalue weighted by molar-refractivity contribution is 0.0383. The second-order valence-corrected chi connectivity index (χ2v) is 6.66. The minimum atomic E-state index is -0.0847. The van der Waals surface area contributed by atoms with Gasteiger partial charge in [-0.3, -0.25) is 9.69 Å². The topological polar surface area (TPSA) is 94.4 Å². The summed E-state index contributed by atoms with van der Waals surface area (Å²) in [5.41, 5.74) is 0.608. The van der Waals surface area contributed by atoms with Crippen LogP contribution in [0.4, 0.5) is 0 Å². The molecule has 1 aliphatic heterocycles. The molecule has 2 heterocycles. The third-order valence-corrected chi connectivity index (χ3v) is 4.35. The molecule has 3 rings (SSSR count). The molecular formula is C18H26N6O3. The van der Waals surface area contributed by atoms with Crippen molar-refractivity contribution in [1.82, 2.24) is 30.4 Å². The van der Waals surface area contributed by atoms with E-state index in [0.717, 1.165) is 32.8 Å². The maximum Gasteiger partial charge on any atom is 0.251 e. The second-order valence-electron chi connectivity index (χ2n) is 6.66. The smallest absolute Gasteiger partial charge is 0.251 e. The molecule has 146 valence electrons. The normalized spacial score (nSPS) is 15.1. The van der Waals surface area contributed by atoms with Crippen LogP contribution in [0.3, 0.4) is 0 Å². The van der Waals surface area contributed by atoms with Crippen LogP contribution in [0.1, 0.15) is 36.1 Å². The molecule has 9 nitrogen and oxygen atoms in total. The van der Waals surface area contributed by atoms with Crippen LogP contribution in [0.5, 0.6) is 5.75 Å². The molecule has 0 unspecified atom stereocenters. The molecule has 1 fully saturated rings. The molecule has 0 saturated carbocycles. The van der Waals surface area contributed by atoms with Crippen LogP contribution in [-0.4, -0.2) is 70.4 Å². The van der Waals surface area contributed by atoms with Gasteiger partial charge >= 0.3 is 0 Å². The number of hydrogen-bond acceptors (Lipinski definition) is 7. The fourth-order valence-corrected chi connectivity index (χ4v) is 2.81. The minimum Gasteiger partial charge on any atom is -0.486 e. The standard InChI is InChI=1S/C18H26N6O3/c1-14(2)24-17(20-21-22-24)13-27-16-5-3-15(4-6-16)18(25)19-7-8-23-9-11-26-12-10-23/h3-6,14H,7-13H2,1-2H3,(H,19,25). The largest absolute Gasteiger partial charge is 0.486 e. The molecule has 1 saturated heterocycles. The molecule has 27 heavy (non-hydrogen) atoms. The van der Waals surface area contributed by atoms with Crippen molar-refractivity contribution in [3.8, 4) is 5.75 Å². The molecular weight excluding hydrogens is 348 g/mol. The minimum absolute atomic E-state index is 0.0847. The Kier molecular flexibility index (Phi) is 6.72. The molecule has 0 aliphatic carbocycles. The number of amides is 1. The Bertz CT molecular complexity index is 725. The van der Waals surface area contributed by atoms with E-state index in [1.54, 1.807) is 28.9 Å². The number of aromatic nitrogens is 4. The van der Waals surface area contributed by atoms with Crippen molar-refractivity contribution in [2.75, 3.05) is 39.4 Å². The summed E-state index contributed by atoms with van der Waals surface area (Å²) in [6.45, 7) is 9.10. The van der Waals surface area contributed by atoms with E-state index in [4.69, 9.17) is 9.47 Å². The molecule has 0 atom stereocenters. The van der Waals surface area contributed by atoms with Crippen LogP contribution in [-0.2, 0) is 11.3 Å². The zero-order valence-corrected chi connectivity index (χ0v) is 15.8. The van der Waals surface area contributed by atoms with Gasteiger partial charge in [-0.15, -0.1) is 5.10 Å². The molecule has 1 aromatic carbocycles. The number of hydrogen-bond donors (Lipinski definition) is 1. The van der Waals surface area contributed by atoms with Gasteiger partial charge in [-0.1, -0.05) is 0 Å². The first-order valence-electron chi connectivity index (χ1n) is 9.21. The van der Waals surface area contributed by atoms with E-state index in [1.807, 2.05) is 13.8 Å². The van der Waals surface area contributed by atoms with Crippen molar-refractivity contribution in [2.24, 2.45) is 0 Å². The Morgan fingerprint density at radius 3 is 2.70 bits per heavy atom. The van der Waals surface area contributed by atoms with Gasteiger partial charge in [-0.2, -0.15) is 0 Å². The van der Waals surface area contributed by atoms with Crippen molar-refractivity contribution in [2.45, 2.75) is 26.5 Å². The van der Waals surface area contributed by atoms with Gasteiger partial charge in [0.2, 0.25) is 0 Å². The van der Waals surface area contributed by atoms with Crippen molar-refractivity contribution in [1.29, 1.82) is 0 Å². The molecule has 0 bridgehead atoms. The molecule has 9 heteroatoms. The van der Waals surface area contributed by atoms with Gasteiger partial charge in [0.15, 0.2) is 5.82 Å². The highest BCUT2D eigenvalue weighted by molar-refractivity contribution is 5.94. The number of carbonyl (C=O) groups is 1. The Balaban J connectivity index is 1.44. The van der Waals surface area contributed by atoms with Gasteiger partial charge in [0, 0.05) is 31.7 Å². The molecule has 0 radical (unpaired) electrons. The summed E-state index contributed by atoms with van der Waals surface area (Å²) in [5.74, 6) is 1.24. The number of carbonyl (C=O) groups excluding carboxylic acids is 1. The van der Waals surface area contributed by atoms with E-state index in [9.17, 15) is 4.79 Å². The van der Waals surface area contributed by atoms with Crippen molar-refractivity contribution in [3.63, 3.8) is 0 Å². The summed E-state index contributed by atoms with van der Waals surface area (Å²) < 4.78 is 12.8. The lowest BCUT2D eigenvalue weighted by Gasteiger charge is -2.26. The highest BCUT2D eigenvalue weighted by Gasteiger charge is 2.12. The first-order valence-corrected chi connectivity index (χ1v) is 9.21. The van der Waals surface area contributed by atoms with Crippen LogP contribution in [0.25, 0.3) is 0 Å². The van der Waals surface area contributed by atoms with Crippen LogP contribution in [0, 0.1) is 0 Å². The molecule has 1 amide bonds. The van der Waals surface area contributed by atoms with Gasteiger partial charge in [0.1, 0.15) is 12.4 Å². The summed E-state index contributed by atoms with van der Waals surface area (Å²) in [5, 5.41) is 14.5. The number of rotatable bonds is 8. The van der Waals surface area contributed by atoms with Gasteiger partial charge in [-0.05, 0) is 48.5 Å². The maximum atomic E-state index is 12.2. The Labute approximate surface area is 158 Å². The van der Waals surface area contributed by atoms with E-state index in [2.05, 4.69) is 25.7 Å². The summed E-state index contributed by atoms with van der Waals surface area (Å²) in [6.07, 6.45) is 0. The van der Waals surface area contributed by atoms with Crippen LogP contribution in [0.2, 0.25) is 0 Å². The van der Waals surface area contributed by atoms with Crippen molar-refractivity contribution < 1.29 is 14.3 Å². The third-order valence-electron chi connectivity index (χ3n) is 4.35. The lowest BCUT2D eigenvalue weighted by atomic mass is 10.2. The monoisotopic (exact) mass is 374 g/mol. The predicted molar refractivity (Wildman–Crippen MR) is 98.6 cm³/mol. The van der Waals surface area contributed by atoms with Crippen LogP contribution < -0.4 is 10.1 Å². The summed E-state index contributed by atoms with van der Waals surface area (Å²) in [7, 11) is 0. The third kappa shape index (κ3) is 5.48. The van der Waals surface area contributed by atoms with E-state index in [0.29, 0.717) is 23.7 Å². The van der Waals surface area contributed by atoms with E-state index >= 15 is 0 Å². The van der Waals surface area contributed by atoms with E-state index in [-0.39, 0.29) is 18.6 Å².